The van der Waals surface area contributed by atoms with Crippen LogP contribution in [0.15, 0.2) is 0 Å². The van der Waals surface area contributed by atoms with Crippen LogP contribution in [-0.4, -0.2) is 81.4 Å². The SMILES string of the molecule is CCCCCC1CCC(C(=O)NC(C(=O)O)[C@@H](C)OC(=O)N[C@@H](CCCC(N)C(=O)O)C(=O)N[C@H](C)C(=O)O)CC1. The minimum atomic E-state index is -1.54. The Morgan fingerprint density at radius 3 is 2.00 bits per heavy atom. The van der Waals surface area contributed by atoms with Crippen LogP contribution in [0.25, 0.3) is 0 Å². The van der Waals surface area contributed by atoms with Gasteiger partial charge in [-0.3, -0.25) is 19.2 Å². The van der Waals surface area contributed by atoms with Gasteiger partial charge in [0.25, 0.3) is 0 Å². The summed E-state index contributed by atoms with van der Waals surface area (Å²) in [4.78, 5) is 72.0. The number of rotatable bonds is 18. The van der Waals surface area contributed by atoms with Gasteiger partial charge in [0.15, 0.2) is 6.04 Å². The fourth-order valence-corrected chi connectivity index (χ4v) is 4.77. The van der Waals surface area contributed by atoms with Crippen LogP contribution in [0.3, 0.4) is 0 Å². The molecule has 14 heteroatoms. The van der Waals surface area contributed by atoms with Gasteiger partial charge in [0.2, 0.25) is 11.8 Å². The lowest BCUT2D eigenvalue weighted by atomic mass is 9.79. The zero-order chi connectivity index (χ0) is 31.1. The van der Waals surface area contributed by atoms with Crippen molar-refractivity contribution in [1.29, 1.82) is 0 Å². The molecule has 1 fully saturated rings. The van der Waals surface area contributed by atoms with E-state index in [2.05, 4.69) is 22.9 Å². The maximum absolute atomic E-state index is 12.8. The van der Waals surface area contributed by atoms with E-state index < -0.39 is 66.1 Å². The fraction of sp³-hybridized carbons (Fsp3) is 0.778. The highest BCUT2D eigenvalue weighted by Gasteiger charge is 2.34. The number of ether oxygens (including phenoxy) is 1. The number of carbonyl (C=O) groups is 6. The van der Waals surface area contributed by atoms with E-state index in [9.17, 15) is 33.9 Å². The van der Waals surface area contributed by atoms with E-state index in [0.29, 0.717) is 18.8 Å². The van der Waals surface area contributed by atoms with Gasteiger partial charge in [0.05, 0.1) is 0 Å². The maximum atomic E-state index is 12.8. The molecule has 234 valence electrons. The van der Waals surface area contributed by atoms with Crippen LogP contribution < -0.4 is 21.7 Å². The highest BCUT2D eigenvalue weighted by atomic mass is 16.6. The molecule has 0 bridgehead atoms. The largest absolute Gasteiger partial charge is 0.480 e. The van der Waals surface area contributed by atoms with Gasteiger partial charge in [-0.2, -0.15) is 0 Å². The number of hydrogen-bond acceptors (Lipinski definition) is 8. The Labute approximate surface area is 240 Å². The molecule has 1 aliphatic rings. The second kappa shape index (κ2) is 18.1. The lowest BCUT2D eigenvalue weighted by Gasteiger charge is -2.30. The number of carbonyl (C=O) groups excluding carboxylic acids is 3. The summed E-state index contributed by atoms with van der Waals surface area (Å²) in [5, 5.41) is 34.6. The van der Waals surface area contributed by atoms with Crippen molar-refractivity contribution in [2.45, 2.75) is 122 Å². The van der Waals surface area contributed by atoms with Gasteiger partial charge in [-0.25, -0.2) is 9.59 Å². The minimum absolute atomic E-state index is 0.0193. The standard InChI is InChI=1S/C27H46N4O10/c1-4-5-6-8-17-11-13-18(14-12-17)22(32)31-21(26(38)39)16(3)41-27(40)30-20(10-7-9-19(28)25(36)37)23(33)29-15(2)24(34)35/h15-21H,4-14,28H2,1-3H3,(H,29,33)(H,30,40)(H,31,32)(H,34,35)(H,36,37)(H,38,39)/t15-,16-,17?,18?,19?,20+,21?/m1/s1. The average Bonchev–Trinajstić information content (AvgIpc) is 2.90. The molecule has 14 nitrogen and oxygen atoms in total. The van der Waals surface area contributed by atoms with Gasteiger partial charge in [-0.05, 0) is 64.7 Å². The first kappa shape index (κ1) is 35.6. The van der Waals surface area contributed by atoms with Crippen LogP contribution in [0, 0.1) is 11.8 Å². The van der Waals surface area contributed by atoms with Crippen molar-refractivity contribution in [3.8, 4) is 0 Å². The van der Waals surface area contributed by atoms with Gasteiger partial charge in [0, 0.05) is 5.92 Å². The highest BCUT2D eigenvalue weighted by Crippen LogP contribution is 2.32. The molecular formula is C27H46N4O10. The molecule has 0 radical (unpaired) electrons. The van der Waals surface area contributed by atoms with Crippen molar-refractivity contribution in [3.05, 3.63) is 0 Å². The number of amides is 3. The summed E-state index contributed by atoms with van der Waals surface area (Å²) in [5.74, 6) is -5.01. The first-order valence-corrected chi connectivity index (χ1v) is 14.3. The van der Waals surface area contributed by atoms with Crippen molar-refractivity contribution in [2.75, 3.05) is 0 Å². The normalized spacial score (nSPS) is 20.4. The van der Waals surface area contributed by atoms with E-state index in [1.54, 1.807) is 0 Å². The zero-order valence-corrected chi connectivity index (χ0v) is 24.1. The number of unbranched alkanes of at least 4 members (excludes halogenated alkanes) is 2. The van der Waals surface area contributed by atoms with Crippen LogP contribution in [0.1, 0.15) is 91.4 Å². The number of carboxylic acids is 3. The van der Waals surface area contributed by atoms with Crippen molar-refractivity contribution in [2.24, 2.45) is 17.6 Å². The van der Waals surface area contributed by atoms with E-state index in [1.807, 2.05) is 0 Å². The molecule has 2 unspecified atom stereocenters. The first-order chi connectivity index (χ1) is 19.3. The van der Waals surface area contributed by atoms with Crippen LogP contribution in [-0.2, 0) is 28.7 Å². The summed E-state index contributed by atoms with van der Waals surface area (Å²) >= 11 is 0. The number of nitrogens with one attached hydrogen (secondary N) is 3. The van der Waals surface area contributed by atoms with E-state index in [4.69, 9.17) is 20.7 Å². The summed E-state index contributed by atoms with van der Waals surface area (Å²) in [6.45, 7) is 4.65. The van der Waals surface area contributed by atoms with Gasteiger partial charge in [0.1, 0.15) is 24.2 Å². The Bertz CT molecular complexity index is 907. The predicted octanol–water partition coefficient (Wildman–Crippen LogP) is 1.60. The Hall–Kier alpha value is -3.42. The molecule has 1 saturated carbocycles. The molecule has 3 amide bonds. The van der Waals surface area contributed by atoms with E-state index >= 15 is 0 Å². The number of aliphatic carboxylic acids is 3. The summed E-state index contributed by atoms with van der Waals surface area (Å²) in [7, 11) is 0. The van der Waals surface area contributed by atoms with Crippen molar-refractivity contribution in [3.63, 3.8) is 0 Å². The summed E-state index contributed by atoms with van der Waals surface area (Å²) < 4.78 is 5.17. The summed E-state index contributed by atoms with van der Waals surface area (Å²) in [6, 6.07) is -5.33. The van der Waals surface area contributed by atoms with Gasteiger partial charge in [-0.15, -0.1) is 0 Å². The van der Waals surface area contributed by atoms with E-state index in [-0.39, 0.29) is 25.2 Å². The Balaban J connectivity index is 2.75. The first-order valence-electron chi connectivity index (χ1n) is 14.3. The molecule has 1 aliphatic carbocycles. The number of hydrogen-bond donors (Lipinski definition) is 7. The monoisotopic (exact) mass is 586 g/mol. The summed E-state index contributed by atoms with van der Waals surface area (Å²) in [5.41, 5.74) is 5.47. The van der Waals surface area contributed by atoms with Crippen LogP contribution in [0.4, 0.5) is 4.79 Å². The predicted molar refractivity (Wildman–Crippen MR) is 147 cm³/mol. The van der Waals surface area contributed by atoms with E-state index in [1.165, 1.54) is 20.3 Å². The second-order valence-electron chi connectivity index (χ2n) is 10.8. The Morgan fingerprint density at radius 1 is 0.829 bits per heavy atom. The topological polar surface area (TPSA) is 234 Å². The molecule has 0 aromatic rings. The number of alkyl carbamates (subject to hydrolysis) is 1. The lowest BCUT2D eigenvalue weighted by Crippen LogP contribution is -2.54. The minimum Gasteiger partial charge on any atom is -0.480 e. The smallest absolute Gasteiger partial charge is 0.408 e. The highest BCUT2D eigenvalue weighted by molar-refractivity contribution is 5.89. The van der Waals surface area contributed by atoms with Crippen molar-refractivity contribution < 1.29 is 48.8 Å². The number of nitrogens with two attached hydrogens (primary N) is 1. The molecule has 0 aromatic carbocycles. The van der Waals surface area contributed by atoms with Crippen molar-refractivity contribution >= 4 is 35.8 Å². The van der Waals surface area contributed by atoms with E-state index in [0.717, 1.165) is 32.1 Å². The molecule has 5 atom stereocenters. The van der Waals surface area contributed by atoms with Crippen LogP contribution in [0.5, 0.6) is 0 Å². The maximum Gasteiger partial charge on any atom is 0.408 e. The average molecular weight is 587 g/mol. The second-order valence-corrected chi connectivity index (χ2v) is 10.8. The zero-order valence-electron chi connectivity index (χ0n) is 24.1. The fourth-order valence-electron chi connectivity index (χ4n) is 4.77. The Morgan fingerprint density at radius 2 is 1.46 bits per heavy atom. The number of carboxylic acid groups (broad SMARTS) is 3. The molecule has 0 heterocycles. The lowest BCUT2D eigenvalue weighted by molar-refractivity contribution is -0.145. The summed E-state index contributed by atoms with van der Waals surface area (Å²) in [6.07, 6.45) is 5.21. The molecule has 41 heavy (non-hydrogen) atoms. The third-order valence-electron chi connectivity index (χ3n) is 7.42. The molecule has 0 spiro atoms. The molecule has 0 aromatic heterocycles. The van der Waals surface area contributed by atoms with Gasteiger partial charge >= 0.3 is 24.0 Å². The molecule has 0 aliphatic heterocycles. The molecule has 0 saturated heterocycles. The Kier molecular flexibility index (Phi) is 15.7. The van der Waals surface area contributed by atoms with Crippen LogP contribution >= 0.6 is 0 Å². The quantitative estimate of drug-likeness (QED) is 0.114. The molecular weight excluding hydrogens is 540 g/mol. The van der Waals surface area contributed by atoms with Gasteiger partial charge in [-0.1, -0.05) is 32.6 Å². The van der Waals surface area contributed by atoms with Crippen LogP contribution in [0.2, 0.25) is 0 Å². The van der Waals surface area contributed by atoms with Crippen molar-refractivity contribution in [1.82, 2.24) is 16.0 Å². The third-order valence-corrected chi connectivity index (χ3v) is 7.42. The third kappa shape index (κ3) is 13.2. The van der Waals surface area contributed by atoms with Gasteiger partial charge < -0.3 is 41.7 Å². The molecule has 1 rings (SSSR count). The molecule has 8 N–H and O–H groups in total.